The summed E-state index contributed by atoms with van der Waals surface area (Å²) >= 11 is 0. The molecule has 0 atom stereocenters. The molecule has 0 fully saturated rings. The van der Waals surface area contributed by atoms with Crippen molar-refractivity contribution < 1.29 is 4.74 Å². The third kappa shape index (κ3) is 3.56. The maximum absolute atomic E-state index is 12.0. The second-order valence-electron chi connectivity index (χ2n) is 6.05. The summed E-state index contributed by atoms with van der Waals surface area (Å²) in [7, 11) is 0. The molecular formula is C19H21N5O2. The lowest BCUT2D eigenvalue weighted by Crippen LogP contribution is -2.24. The predicted molar refractivity (Wildman–Crippen MR) is 101 cm³/mol. The highest BCUT2D eigenvalue weighted by molar-refractivity contribution is 5.79. The molecule has 3 rings (SSSR count). The molecular weight excluding hydrogens is 330 g/mol. The van der Waals surface area contributed by atoms with Crippen molar-refractivity contribution in [1.82, 2.24) is 19.7 Å². The van der Waals surface area contributed by atoms with E-state index in [9.17, 15) is 4.79 Å². The number of aromatic nitrogens is 4. The van der Waals surface area contributed by atoms with Crippen LogP contribution in [0.15, 0.2) is 47.4 Å². The van der Waals surface area contributed by atoms with Gasteiger partial charge in [0.25, 0.3) is 5.56 Å². The van der Waals surface area contributed by atoms with Gasteiger partial charge in [-0.05, 0) is 39.0 Å². The first-order valence-corrected chi connectivity index (χ1v) is 8.45. The van der Waals surface area contributed by atoms with E-state index < -0.39 is 0 Å². The molecule has 7 heteroatoms. The molecule has 0 bridgehead atoms. The Balaban J connectivity index is 2.17. The minimum absolute atomic E-state index is 0.0538. The summed E-state index contributed by atoms with van der Waals surface area (Å²) in [5.41, 5.74) is 8.44. The van der Waals surface area contributed by atoms with Crippen molar-refractivity contribution in [3.8, 4) is 28.3 Å². The molecule has 134 valence electrons. The minimum Gasteiger partial charge on any atom is -0.494 e. The summed E-state index contributed by atoms with van der Waals surface area (Å²) in [5, 5.41) is 4.47. The Bertz CT molecular complexity index is 982. The van der Waals surface area contributed by atoms with Crippen LogP contribution in [0, 0.1) is 0 Å². The number of rotatable bonds is 5. The van der Waals surface area contributed by atoms with E-state index in [0.29, 0.717) is 23.6 Å². The van der Waals surface area contributed by atoms with Crippen LogP contribution in [0.25, 0.3) is 22.5 Å². The number of benzene rings is 1. The first kappa shape index (κ1) is 17.6. The van der Waals surface area contributed by atoms with E-state index in [-0.39, 0.29) is 17.5 Å². The zero-order valence-electron chi connectivity index (χ0n) is 15.0. The van der Waals surface area contributed by atoms with Gasteiger partial charge in [0.1, 0.15) is 5.75 Å². The van der Waals surface area contributed by atoms with Crippen molar-refractivity contribution in [3.05, 3.63) is 52.9 Å². The van der Waals surface area contributed by atoms with Gasteiger partial charge in [0.05, 0.1) is 24.0 Å². The Hall–Kier alpha value is -3.22. The lowest BCUT2D eigenvalue weighted by Gasteiger charge is -2.13. The van der Waals surface area contributed by atoms with Crippen LogP contribution in [0.3, 0.4) is 0 Å². The van der Waals surface area contributed by atoms with Crippen LogP contribution in [-0.4, -0.2) is 26.4 Å². The fourth-order valence-corrected chi connectivity index (χ4v) is 2.64. The topological polar surface area (TPSA) is 95.9 Å². The number of anilines is 1. The van der Waals surface area contributed by atoms with Crippen LogP contribution in [0.4, 0.5) is 5.95 Å². The maximum Gasteiger partial charge on any atom is 0.267 e. The molecule has 0 radical (unpaired) electrons. The van der Waals surface area contributed by atoms with Gasteiger partial charge in [-0.1, -0.05) is 12.1 Å². The fourth-order valence-electron chi connectivity index (χ4n) is 2.64. The van der Waals surface area contributed by atoms with E-state index >= 15 is 0 Å². The zero-order chi connectivity index (χ0) is 18.7. The molecule has 2 aromatic heterocycles. The van der Waals surface area contributed by atoms with E-state index in [1.54, 1.807) is 12.3 Å². The molecule has 0 spiro atoms. The van der Waals surface area contributed by atoms with Gasteiger partial charge in [-0.2, -0.15) is 5.10 Å². The summed E-state index contributed by atoms with van der Waals surface area (Å²) in [4.78, 5) is 20.5. The van der Waals surface area contributed by atoms with Crippen molar-refractivity contribution in [1.29, 1.82) is 0 Å². The number of ether oxygens (including phenoxy) is 1. The molecule has 7 nitrogen and oxygen atoms in total. The van der Waals surface area contributed by atoms with E-state index in [2.05, 4.69) is 15.1 Å². The Labute approximate surface area is 151 Å². The second-order valence-corrected chi connectivity index (χ2v) is 6.05. The largest absolute Gasteiger partial charge is 0.494 e. The van der Waals surface area contributed by atoms with Gasteiger partial charge >= 0.3 is 0 Å². The van der Waals surface area contributed by atoms with Crippen molar-refractivity contribution in [2.45, 2.75) is 26.8 Å². The normalized spacial score (nSPS) is 10.9. The number of nitrogens with zero attached hydrogens (tertiary/aromatic N) is 4. The van der Waals surface area contributed by atoms with Crippen molar-refractivity contribution in [2.75, 3.05) is 12.3 Å². The number of nitrogens with two attached hydrogens (primary N) is 1. The smallest absolute Gasteiger partial charge is 0.267 e. The van der Waals surface area contributed by atoms with Crippen LogP contribution in [0.5, 0.6) is 5.75 Å². The van der Waals surface area contributed by atoms with Crippen molar-refractivity contribution in [3.63, 3.8) is 0 Å². The molecule has 1 aromatic carbocycles. The highest BCUT2D eigenvalue weighted by Crippen LogP contribution is 2.31. The van der Waals surface area contributed by atoms with Gasteiger partial charge in [-0.3, -0.25) is 4.79 Å². The van der Waals surface area contributed by atoms with Crippen molar-refractivity contribution >= 4 is 5.95 Å². The van der Waals surface area contributed by atoms with Crippen LogP contribution >= 0.6 is 0 Å². The van der Waals surface area contributed by atoms with E-state index in [1.807, 2.05) is 45.0 Å². The molecule has 0 saturated heterocycles. The lowest BCUT2D eigenvalue weighted by atomic mass is 10.0. The van der Waals surface area contributed by atoms with E-state index in [4.69, 9.17) is 10.5 Å². The monoisotopic (exact) mass is 351 g/mol. The minimum atomic E-state index is -0.153. The highest BCUT2D eigenvalue weighted by atomic mass is 16.5. The van der Waals surface area contributed by atoms with Gasteiger partial charge in [0.2, 0.25) is 5.95 Å². The van der Waals surface area contributed by atoms with Crippen molar-refractivity contribution in [2.24, 2.45) is 0 Å². The summed E-state index contributed by atoms with van der Waals surface area (Å²) in [5.74, 6) is 0.913. The van der Waals surface area contributed by atoms with Gasteiger partial charge < -0.3 is 10.5 Å². The Morgan fingerprint density at radius 1 is 1.23 bits per heavy atom. The lowest BCUT2D eigenvalue weighted by molar-refractivity contribution is 0.340. The fraction of sp³-hybridized carbons (Fsp3) is 0.263. The number of hydrogen-bond donors (Lipinski definition) is 1. The van der Waals surface area contributed by atoms with Crippen LogP contribution in [0.1, 0.15) is 26.8 Å². The molecule has 0 aliphatic rings. The third-order valence-corrected chi connectivity index (χ3v) is 3.82. The first-order chi connectivity index (χ1) is 12.5. The predicted octanol–water partition coefficient (Wildman–Crippen LogP) is 2.93. The Kier molecular flexibility index (Phi) is 4.97. The molecule has 0 aliphatic carbocycles. The van der Waals surface area contributed by atoms with E-state index in [0.717, 1.165) is 11.3 Å². The molecule has 0 amide bonds. The van der Waals surface area contributed by atoms with Gasteiger partial charge in [0.15, 0.2) is 0 Å². The van der Waals surface area contributed by atoms with E-state index in [1.165, 1.54) is 10.7 Å². The number of nitrogen functional groups attached to an aromatic ring is 1. The first-order valence-electron chi connectivity index (χ1n) is 8.45. The molecule has 2 N–H and O–H groups in total. The summed E-state index contributed by atoms with van der Waals surface area (Å²) < 4.78 is 7.01. The molecule has 0 saturated carbocycles. The molecule has 2 heterocycles. The highest BCUT2D eigenvalue weighted by Gasteiger charge is 2.14. The van der Waals surface area contributed by atoms with Crippen LogP contribution in [-0.2, 0) is 0 Å². The average Bonchev–Trinajstić information content (AvgIpc) is 2.62. The Morgan fingerprint density at radius 3 is 2.77 bits per heavy atom. The third-order valence-electron chi connectivity index (χ3n) is 3.82. The SMILES string of the molecule is CCOc1cccc(-c2nc(N)ncc2-c2ccc(=O)n(C(C)C)n2)c1. The maximum atomic E-state index is 12.0. The summed E-state index contributed by atoms with van der Waals surface area (Å²) in [6, 6.07) is 10.7. The van der Waals surface area contributed by atoms with Crippen LogP contribution < -0.4 is 16.0 Å². The van der Waals surface area contributed by atoms with Gasteiger partial charge in [-0.15, -0.1) is 0 Å². The Morgan fingerprint density at radius 2 is 2.04 bits per heavy atom. The molecule has 3 aromatic rings. The summed E-state index contributed by atoms with van der Waals surface area (Å²) in [6.45, 7) is 6.32. The summed E-state index contributed by atoms with van der Waals surface area (Å²) in [6.07, 6.45) is 1.63. The second kappa shape index (κ2) is 7.35. The molecule has 0 aliphatic heterocycles. The molecule has 0 unspecified atom stereocenters. The van der Waals surface area contributed by atoms with Gasteiger partial charge in [-0.25, -0.2) is 14.6 Å². The number of hydrogen-bond acceptors (Lipinski definition) is 6. The quantitative estimate of drug-likeness (QED) is 0.759. The zero-order valence-corrected chi connectivity index (χ0v) is 15.0. The average molecular weight is 351 g/mol. The standard InChI is InChI=1S/C19H21N5O2/c1-4-26-14-7-5-6-13(10-14)18-15(11-21-19(20)22-18)16-8-9-17(25)24(23-16)12(2)3/h5-12H,4H2,1-3H3,(H2,20,21,22). The van der Waals surface area contributed by atoms with Crippen LogP contribution in [0.2, 0.25) is 0 Å². The van der Waals surface area contributed by atoms with Gasteiger partial charge in [0, 0.05) is 23.4 Å². The molecule has 26 heavy (non-hydrogen) atoms.